The summed E-state index contributed by atoms with van der Waals surface area (Å²) in [6, 6.07) is 4.00. The van der Waals surface area contributed by atoms with E-state index in [2.05, 4.69) is 64.4 Å². The van der Waals surface area contributed by atoms with Crippen molar-refractivity contribution < 1.29 is 19.4 Å². The van der Waals surface area contributed by atoms with Crippen LogP contribution in [0.4, 0.5) is 11.4 Å². The third kappa shape index (κ3) is 4.48. The van der Waals surface area contributed by atoms with Crippen molar-refractivity contribution in [3.63, 3.8) is 0 Å². The maximum atomic E-state index is 11.8. The van der Waals surface area contributed by atoms with Gasteiger partial charge in [-0.1, -0.05) is 0 Å². The fourth-order valence-corrected chi connectivity index (χ4v) is 4.00. The first-order valence-corrected chi connectivity index (χ1v) is 10.1. The van der Waals surface area contributed by atoms with Crippen molar-refractivity contribution in [2.24, 2.45) is 5.10 Å². The minimum atomic E-state index is -0.250. The second kappa shape index (κ2) is 7.83. The van der Waals surface area contributed by atoms with Gasteiger partial charge in [-0.05, 0) is 55.8 Å². The summed E-state index contributed by atoms with van der Waals surface area (Å²) in [6.07, 6.45) is 0. The maximum Gasteiger partial charge on any atom is 0.290 e. The van der Waals surface area contributed by atoms with Crippen molar-refractivity contribution >= 4 is 45.5 Å². The lowest BCUT2D eigenvalue weighted by molar-refractivity contribution is -0.123. The van der Waals surface area contributed by atoms with Gasteiger partial charge in [0.1, 0.15) is 18.9 Å². The van der Waals surface area contributed by atoms with Gasteiger partial charge < -0.3 is 20.1 Å². The number of benzene rings is 1. The summed E-state index contributed by atoms with van der Waals surface area (Å²) in [5, 5.41) is 14.7. The minimum absolute atomic E-state index is 0.00968. The van der Waals surface area contributed by atoms with Crippen molar-refractivity contribution in [1.29, 1.82) is 0 Å². The summed E-state index contributed by atoms with van der Waals surface area (Å²) in [4.78, 5) is 24.5. The van der Waals surface area contributed by atoms with Gasteiger partial charge in [-0.25, -0.2) is 5.43 Å². The average Bonchev–Trinajstić information content (AvgIpc) is 2.60. The molecule has 0 aliphatic carbocycles. The van der Waals surface area contributed by atoms with Crippen molar-refractivity contribution in [2.75, 3.05) is 36.5 Å². The van der Waals surface area contributed by atoms with E-state index in [1.165, 1.54) is 0 Å². The molecule has 0 bridgehead atoms. The molecule has 0 saturated carbocycles. The predicted octanol–water partition coefficient (Wildman–Crippen LogP) is 2.08. The highest BCUT2D eigenvalue weighted by molar-refractivity contribution is 9.10. The van der Waals surface area contributed by atoms with Crippen LogP contribution in [0.15, 0.2) is 21.7 Å². The molecule has 0 spiro atoms. The molecule has 29 heavy (non-hydrogen) atoms. The molecular formula is C19H26BrN5O4. The molecule has 4 rings (SSSR count). The monoisotopic (exact) mass is 467 g/mol. The highest BCUT2D eigenvalue weighted by atomic mass is 79.9. The molecule has 3 aliphatic heterocycles. The van der Waals surface area contributed by atoms with Crippen LogP contribution >= 0.6 is 15.9 Å². The normalized spacial score (nSPS) is 19.8. The summed E-state index contributed by atoms with van der Waals surface area (Å²) < 4.78 is 6.76. The third-order valence-electron chi connectivity index (χ3n) is 5.08. The number of fused-ring (bicyclic) bond motifs is 3. The molecule has 3 aliphatic rings. The first-order chi connectivity index (χ1) is 13.6. The number of carbonyl (C=O) groups excluding carboxylic acids is 1. The van der Waals surface area contributed by atoms with Crippen LogP contribution in [0.25, 0.3) is 0 Å². The molecule has 0 aromatic heterocycles. The topological polar surface area (TPSA) is 106 Å². The lowest BCUT2D eigenvalue weighted by Crippen LogP contribution is -2.68. The number of amidine groups is 1. The van der Waals surface area contributed by atoms with E-state index < -0.39 is 0 Å². The Bertz CT molecular complexity index is 846. The average molecular weight is 468 g/mol. The van der Waals surface area contributed by atoms with Gasteiger partial charge in [0, 0.05) is 23.1 Å². The Labute approximate surface area is 178 Å². The summed E-state index contributed by atoms with van der Waals surface area (Å²) in [5.41, 5.74) is 4.56. The highest BCUT2D eigenvalue weighted by Gasteiger charge is 2.43. The summed E-state index contributed by atoms with van der Waals surface area (Å²) >= 11 is 3.65. The van der Waals surface area contributed by atoms with E-state index in [-0.39, 0.29) is 30.0 Å². The predicted molar refractivity (Wildman–Crippen MR) is 115 cm³/mol. The van der Waals surface area contributed by atoms with Crippen LogP contribution in [0.1, 0.15) is 27.7 Å². The van der Waals surface area contributed by atoms with Crippen LogP contribution in [0.3, 0.4) is 0 Å². The second-order valence-corrected chi connectivity index (χ2v) is 9.41. The second-order valence-electron chi connectivity index (χ2n) is 8.56. The van der Waals surface area contributed by atoms with E-state index in [0.29, 0.717) is 6.61 Å². The van der Waals surface area contributed by atoms with E-state index in [0.717, 1.165) is 40.5 Å². The number of carbonyl (C=O) groups is 2. The number of ether oxygens (including phenoxy) is 1. The maximum absolute atomic E-state index is 11.8. The fraction of sp³-hybridized carbons (Fsp3) is 0.526. The Morgan fingerprint density at radius 3 is 2.66 bits per heavy atom. The molecule has 10 heteroatoms. The van der Waals surface area contributed by atoms with Crippen LogP contribution in [0.2, 0.25) is 0 Å². The number of hydrogen-bond donors (Lipinski definition) is 3. The molecule has 0 radical (unpaired) electrons. The molecule has 0 unspecified atom stereocenters. The van der Waals surface area contributed by atoms with Gasteiger partial charge in [0.25, 0.3) is 12.4 Å². The van der Waals surface area contributed by atoms with E-state index in [4.69, 9.17) is 14.6 Å². The number of nitrogens with one attached hydrogen (secondary N) is 2. The Hall–Kier alpha value is -2.33. The Morgan fingerprint density at radius 2 is 2.03 bits per heavy atom. The number of rotatable bonds is 2. The van der Waals surface area contributed by atoms with Crippen LogP contribution in [-0.2, 0) is 9.59 Å². The number of amides is 1. The molecule has 1 aromatic carbocycles. The number of nitrogens with zero attached hydrogens (tertiary/aromatic N) is 3. The van der Waals surface area contributed by atoms with Gasteiger partial charge in [0.2, 0.25) is 0 Å². The first-order valence-electron chi connectivity index (χ1n) is 9.27. The van der Waals surface area contributed by atoms with Crippen molar-refractivity contribution in [2.45, 2.75) is 38.8 Å². The SMILES string of the molecule is CC1(Nc2cc3c(cc2Br)OCC2=NNC(=O)CN23)CN(C(C)(C)C)C1.O=CO. The smallest absolute Gasteiger partial charge is 0.290 e. The van der Waals surface area contributed by atoms with Gasteiger partial charge in [-0.15, -0.1) is 0 Å². The number of halogens is 1. The van der Waals surface area contributed by atoms with Gasteiger partial charge in [0.15, 0.2) is 5.84 Å². The van der Waals surface area contributed by atoms with Crippen LogP contribution < -0.4 is 20.4 Å². The van der Waals surface area contributed by atoms with Crippen LogP contribution in [0, 0.1) is 0 Å². The van der Waals surface area contributed by atoms with Crippen molar-refractivity contribution in [3.8, 4) is 5.75 Å². The molecule has 9 nitrogen and oxygen atoms in total. The summed E-state index contributed by atoms with van der Waals surface area (Å²) in [5.74, 6) is 1.36. The molecule has 1 aromatic rings. The third-order valence-corrected chi connectivity index (χ3v) is 5.74. The van der Waals surface area contributed by atoms with Crippen molar-refractivity contribution in [3.05, 3.63) is 16.6 Å². The number of hydrazone groups is 1. The Balaban J connectivity index is 0.000000755. The van der Waals surface area contributed by atoms with Crippen LogP contribution in [0.5, 0.6) is 5.75 Å². The van der Waals surface area contributed by atoms with E-state index in [1.807, 2.05) is 17.0 Å². The van der Waals surface area contributed by atoms with Gasteiger partial charge in [-0.2, -0.15) is 5.10 Å². The lowest BCUT2D eigenvalue weighted by atomic mass is 9.86. The summed E-state index contributed by atoms with van der Waals surface area (Å²) in [6.45, 7) is 11.3. The van der Waals surface area contributed by atoms with Gasteiger partial charge in [0.05, 0.1) is 16.9 Å². The number of anilines is 2. The summed E-state index contributed by atoms with van der Waals surface area (Å²) in [7, 11) is 0. The van der Waals surface area contributed by atoms with Crippen molar-refractivity contribution in [1.82, 2.24) is 10.3 Å². The zero-order valence-electron chi connectivity index (χ0n) is 17.0. The Morgan fingerprint density at radius 1 is 1.38 bits per heavy atom. The van der Waals surface area contributed by atoms with E-state index >= 15 is 0 Å². The molecule has 3 heterocycles. The number of likely N-dealkylation sites (tertiary alicyclic amines) is 1. The standard InChI is InChI=1S/C18H24BrN5O2.CH2O2/c1-17(2,3)23-9-18(4,10-23)20-12-6-13-14(5-11(12)19)26-8-15-21-22-16(25)7-24(13)15;2-1-3/h5-6,20H,7-10H2,1-4H3,(H,22,25);1H,(H,2,3). The lowest BCUT2D eigenvalue weighted by Gasteiger charge is -2.55. The van der Waals surface area contributed by atoms with E-state index in [9.17, 15) is 4.79 Å². The molecule has 3 N–H and O–H groups in total. The molecule has 1 fully saturated rings. The zero-order chi connectivity index (χ0) is 21.4. The largest absolute Gasteiger partial charge is 0.483 e. The Kier molecular flexibility index (Phi) is 5.77. The fourth-order valence-electron chi connectivity index (χ4n) is 3.57. The molecular weight excluding hydrogens is 442 g/mol. The molecule has 0 atom stereocenters. The number of hydrogen-bond acceptors (Lipinski definition) is 7. The molecule has 1 amide bonds. The van der Waals surface area contributed by atoms with Gasteiger partial charge in [-0.3, -0.25) is 14.5 Å². The molecule has 1 saturated heterocycles. The van der Waals surface area contributed by atoms with Gasteiger partial charge >= 0.3 is 0 Å². The van der Waals surface area contributed by atoms with Crippen LogP contribution in [-0.4, -0.2) is 65.5 Å². The zero-order valence-corrected chi connectivity index (χ0v) is 18.5. The first kappa shape index (κ1) is 21.4. The quantitative estimate of drug-likeness (QED) is 0.571. The molecule has 158 valence electrons. The highest BCUT2D eigenvalue weighted by Crippen LogP contribution is 2.42. The minimum Gasteiger partial charge on any atom is -0.483 e. The van der Waals surface area contributed by atoms with E-state index in [1.54, 1.807) is 0 Å². The number of carboxylic acid groups (broad SMARTS) is 1.